The van der Waals surface area contributed by atoms with Gasteiger partial charge in [0.2, 0.25) is 5.88 Å². The lowest BCUT2D eigenvalue weighted by Gasteiger charge is -2.09. The summed E-state index contributed by atoms with van der Waals surface area (Å²) in [7, 11) is 1.57. The molecule has 2 aromatic heterocycles. The molecule has 1 aromatic carbocycles. The van der Waals surface area contributed by atoms with Crippen molar-refractivity contribution in [2.45, 2.75) is 0 Å². The van der Waals surface area contributed by atoms with Crippen LogP contribution >= 0.6 is 11.6 Å². The number of benzene rings is 1. The van der Waals surface area contributed by atoms with E-state index in [9.17, 15) is 4.39 Å². The SMILES string of the molecule is COc1ccc(-c2cncc(Nc3ccc(F)c(Cl)c3)c2)cn1. The zero-order valence-electron chi connectivity index (χ0n) is 12.3. The molecule has 3 rings (SSSR count). The minimum Gasteiger partial charge on any atom is -0.481 e. The summed E-state index contributed by atoms with van der Waals surface area (Å²) in [6.45, 7) is 0. The van der Waals surface area contributed by atoms with E-state index in [1.165, 1.54) is 12.1 Å². The Bertz CT molecular complexity index is 824. The van der Waals surface area contributed by atoms with Gasteiger partial charge in [0.05, 0.1) is 24.0 Å². The van der Waals surface area contributed by atoms with Crippen molar-refractivity contribution < 1.29 is 9.13 Å². The van der Waals surface area contributed by atoms with Crippen LogP contribution in [0.1, 0.15) is 0 Å². The Morgan fingerprint density at radius 3 is 2.57 bits per heavy atom. The topological polar surface area (TPSA) is 47.0 Å². The standard InChI is InChI=1S/C17H13ClFN3O/c1-23-17-5-2-11(9-21-17)12-6-14(10-20-8-12)22-13-3-4-16(19)15(18)7-13/h2-10,22H,1H3. The first-order valence-electron chi connectivity index (χ1n) is 6.83. The second kappa shape index (κ2) is 6.62. The Morgan fingerprint density at radius 1 is 1.00 bits per heavy atom. The van der Waals surface area contributed by atoms with Crippen molar-refractivity contribution in [3.8, 4) is 17.0 Å². The summed E-state index contributed by atoms with van der Waals surface area (Å²) in [6, 6.07) is 10.1. The number of halogens is 2. The average Bonchev–Trinajstić information content (AvgIpc) is 2.58. The van der Waals surface area contributed by atoms with E-state index < -0.39 is 5.82 Å². The molecule has 0 unspecified atom stereocenters. The number of nitrogens with one attached hydrogen (secondary N) is 1. The van der Waals surface area contributed by atoms with Gasteiger partial charge in [0.15, 0.2) is 0 Å². The van der Waals surface area contributed by atoms with Crippen molar-refractivity contribution >= 4 is 23.0 Å². The van der Waals surface area contributed by atoms with Gasteiger partial charge >= 0.3 is 0 Å². The van der Waals surface area contributed by atoms with Crippen molar-refractivity contribution in [2.75, 3.05) is 12.4 Å². The molecule has 23 heavy (non-hydrogen) atoms. The third-order valence-corrected chi connectivity index (χ3v) is 3.51. The summed E-state index contributed by atoms with van der Waals surface area (Å²) in [6.07, 6.45) is 5.14. The largest absolute Gasteiger partial charge is 0.481 e. The van der Waals surface area contributed by atoms with Crippen molar-refractivity contribution in [1.29, 1.82) is 0 Å². The highest BCUT2D eigenvalue weighted by atomic mass is 35.5. The Hall–Kier alpha value is -2.66. The van der Waals surface area contributed by atoms with Crippen LogP contribution in [-0.4, -0.2) is 17.1 Å². The third kappa shape index (κ3) is 3.57. The normalized spacial score (nSPS) is 10.4. The molecule has 0 fully saturated rings. The highest BCUT2D eigenvalue weighted by Crippen LogP contribution is 2.26. The van der Waals surface area contributed by atoms with Gasteiger partial charge < -0.3 is 10.1 Å². The first kappa shape index (κ1) is 15.2. The molecule has 0 spiro atoms. The molecule has 0 saturated heterocycles. The number of rotatable bonds is 4. The maximum Gasteiger partial charge on any atom is 0.212 e. The van der Waals surface area contributed by atoms with Crippen LogP contribution in [0.5, 0.6) is 5.88 Å². The van der Waals surface area contributed by atoms with Gasteiger partial charge in [-0.25, -0.2) is 9.37 Å². The molecule has 1 N–H and O–H groups in total. The van der Waals surface area contributed by atoms with Crippen LogP contribution in [0.2, 0.25) is 5.02 Å². The molecule has 0 amide bonds. The van der Waals surface area contributed by atoms with Gasteiger partial charge in [-0.2, -0.15) is 0 Å². The molecule has 116 valence electrons. The molecule has 0 aliphatic heterocycles. The van der Waals surface area contributed by atoms with Crippen LogP contribution in [0.15, 0.2) is 55.0 Å². The van der Waals surface area contributed by atoms with Crippen LogP contribution in [0.25, 0.3) is 11.1 Å². The molecule has 0 radical (unpaired) electrons. The molecule has 4 nitrogen and oxygen atoms in total. The minimum absolute atomic E-state index is 0.0680. The number of anilines is 2. The lowest BCUT2D eigenvalue weighted by molar-refractivity contribution is 0.398. The second-order valence-corrected chi connectivity index (χ2v) is 5.21. The maximum atomic E-state index is 13.2. The van der Waals surface area contributed by atoms with Crippen molar-refractivity contribution in [3.05, 3.63) is 65.8 Å². The molecule has 0 aliphatic carbocycles. The third-order valence-electron chi connectivity index (χ3n) is 3.23. The fourth-order valence-corrected chi connectivity index (χ4v) is 2.26. The number of nitrogens with zero attached hydrogens (tertiary/aromatic N) is 2. The molecular weight excluding hydrogens is 317 g/mol. The molecule has 0 saturated carbocycles. The van der Waals surface area contributed by atoms with E-state index in [0.29, 0.717) is 11.6 Å². The minimum atomic E-state index is -0.451. The lowest BCUT2D eigenvalue weighted by Crippen LogP contribution is -1.93. The van der Waals surface area contributed by atoms with Gasteiger partial charge in [0.25, 0.3) is 0 Å². The Kier molecular flexibility index (Phi) is 4.39. The molecule has 6 heteroatoms. The molecule has 2 heterocycles. The van der Waals surface area contributed by atoms with Gasteiger partial charge in [0, 0.05) is 35.3 Å². The number of ether oxygens (including phenoxy) is 1. The van der Waals surface area contributed by atoms with Gasteiger partial charge in [-0.3, -0.25) is 4.98 Å². The number of hydrogen-bond donors (Lipinski definition) is 1. The first-order chi connectivity index (χ1) is 11.2. The second-order valence-electron chi connectivity index (χ2n) is 4.81. The van der Waals surface area contributed by atoms with Crippen molar-refractivity contribution in [1.82, 2.24) is 9.97 Å². The van der Waals surface area contributed by atoms with Crippen LogP contribution in [-0.2, 0) is 0 Å². The Labute approximate surface area is 137 Å². The van der Waals surface area contributed by atoms with Crippen LogP contribution in [0, 0.1) is 5.82 Å². The summed E-state index contributed by atoms with van der Waals surface area (Å²) in [5.74, 6) is 0.102. The highest BCUT2D eigenvalue weighted by Gasteiger charge is 2.04. The monoisotopic (exact) mass is 329 g/mol. The quantitative estimate of drug-likeness (QED) is 0.754. The van der Waals surface area contributed by atoms with Gasteiger partial charge in [-0.15, -0.1) is 0 Å². The predicted octanol–water partition coefficient (Wildman–Crippen LogP) is 4.69. The average molecular weight is 330 g/mol. The molecule has 3 aromatic rings. The molecule has 0 aliphatic rings. The smallest absolute Gasteiger partial charge is 0.212 e. The van der Waals surface area contributed by atoms with Crippen molar-refractivity contribution in [3.63, 3.8) is 0 Å². The lowest BCUT2D eigenvalue weighted by atomic mass is 10.1. The Morgan fingerprint density at radius 2 is 1.87 bits per heavy atom. The van der Waals surface area contributed by atoms with Gasteiger partial charge in [0.1, 0.15) is 5.82 Å². The predicted molar refractivity (Wildman–Crippen MR) is 88.7 cm³/mol. The molecular formula is C17H13ClFN3O. The number of methoxy groups -OCH3 is 1. The summed E-state index contributed by atoms with van der Waals surface area (Å²) in [5.41, 5.74) is 3.27. The van der Waals surface area contributed by atoms with E-state index in [-0.39, 0.29) is 5.02 Å². The Balaban J connectivity index is 1.85. The number of aromatic nitrogens is 2. The van der Waals surface area contributed by atoms with Gasteiger partial charge in [-0.05, 0) is 30.3 Å². The number of hydrogen-bond acceptors (Lipinski definition) is 4. The van der Waals surface area contributed by atoms with Crippen molar-refractivity contribution in [2.24, 2.45) is 0 Å². The summed E-state index contributed by atoms with van der Waals surface area (Å²) >= 11 is 5.79. The first-order valence-corrected chi connectivity index (χ1v) is 7.21. The van der Waals surface area contributed by atoms with E-state index in [4.69, 9.17) is 16.3 Å². The van der Waals surface area contributed by atoms with Crippen LogP contribution < -0.4 is 10.1 Å². The van der Waals surface area contributed by atoms with Crippen LogP contribution in [0.4, 0.5) is 15.8 Å². The number of pyridine rings is 2. The van der Waals surface area contributed by atoms with E-state index >= 15 is 0 Å². The summed E-state index contributed by atoms with van der Waals surface area (Å²) in [4.78, 5) is 8.39. The van der Waals surface area contributed by atoms with E-state index in [2.05, 4.69) is 15.3 Å². The van der Waals surface area contributed by atoms with E-state index in [0.717, 1.165) is 16.8 Å². The fourth-order valence-electron chi connectivity index (χ4n) is 2.08. The highest BCUT2D eigenvalue weighted by molar-refractivity contribution is 6.31. The van der Waals surface area contributed by atoms with E-state index in [1.807, 2.05) is 12.1 Å². The summed E-state index contributed by atoms with van der Waals surface area (Å²) in [5, 5.41) is 3.21. The van der Waals surface area contributed by atoms with Gasteiger partial charge in [-0.1, -0.05) is 11.6 Å². The fraction of sp³-hybridized carbons (Fsp3) is 0.0588. The van der Waals surface area contributed by atoms with Crippen LogP contribution in [0.3, 0.4) is 0 Å². The molecule has 0 bridgehead atoms. The van der Waals surface area contributed by atoms with E-state index in [1.54, 1.807) is 37.8 Å². The molecule has 0 atom stereocenters. The maximum absolute atomic E-state index is 13.2. The zero-order valence-corrected chi connectivity index (χ0v) is 13.0. The summed E-state index contributed by atoms with van der Waals surface area (Å²) < 4.78 is 18.2. The zero-order chi connectivity index (χ0) is 16.2.